The van der Waals surface area contributed by atoms with Crippen LogP contribution in [0.1, 0.15) is 16.3 Å². The lowest BCUT2D eigenvalue weighted by Crippen LogP contribution is -2.14. The Hall–Kier alpha value is -0.740. The van der Waals surface area contributed by atoms with Crippen molar-refractivity contribution in [3.8, 4) is 0 Å². The fraction of sp³-hybridized carbons (Fsp3) is 0.500. The summed E-state index contributed by atoms with van der Waals surface area (Å²) >= 11 is 1.81. The Labute approximate surface area is 88.5 Å². The first-order valence-corrected chi connectivity index (χ1v) is 5.64. The highest BCUT2D eigenvalue weighted by Crippen LogP contribution is 2.14. The van der Waals surface area contributed by atoms with Gasteiger partial charge in [0.1, 0.15) is 5.76 Å². The van der Waals surface area contributed by atoms with Crippen LogP contribution in [0.3, 0.4) is 0 Å². The first kappa shape index (κ1) is 11.3. The third kappa shape index (κ3) is 3.98. The monoisotopic (exact) mass is 213 g/mol. The predicted molar refractivity (Wildman–Crippen MR) is 58.8 cm³/mol. The number of carbonyl (C=O) groups is 1. The van der Waals surface area contributed by atoms with Crippen molar-refractivity contribution in [2.24, 2.45) is 0 Å². The van der Waals surface area contributed by atoms with Crippen molar-refractivity contribution in [1.82, 2.24) is 4.90 Å². The molecule has 0 bridgehead atoms. The summed E-state index contributed by atoms with van der Waals surface area (Å²) in [5, 5.41) is 0. The first-order chi connectivity index (χ1) is 6.72. The maximum Gasteiger partial charge on any atom is 0.185 e. The average Bonchev–Trinajstić information content (AvgIpc) is 2.60. The number of thioether (sulfide) groups is 1. The number of nitrogens with zero attached hydrogens (tertiary/aromatic N) is 1. The highest BCUT2D eigenvalue weighted by Gasteiger charge is 2.00. The van der Waals surface area contributed by atoms with Crippen LogP contribution in [0.2, 0.25) is 0 Å². The van der Waals surface area contributed by atoms with Crippen molar-refractivity contribution >= 4 is 18.0 Å². The van der Waals surface area contributed by atoms with Gasteiger partial charge in [-0.1, -0.05) is 0 Å². The molecule has 4 heteroatoms. The molecule has 0 aromatic carbocycles. The van der Waals surface area contributed by atoms with Crippen molar-refractivity contribution in [2.45, 2.75) is 5.75 Å². The Kier molecular flexibility index (Phi) is 4.76. The first-order valence-electron chi connectivity index (χ1n) is 4.48. The lowest BCUT2D eigenvalue weighted by atomic mass is 10.4. The second-order valence-corrected chi connectivity index (χ2v) is 4.38. The Morgan fingerprint density at radius 3 is 2.86 bits per heavy atom. The van der Waals surface area contributed by atoms with E-state index in [1.165, 1.54) is 0 Å². The zero-order valence-electron chi connectivity index (χ0n) is 8.53. The van der Waals surface area contributed by atoms with Crippen molar-refractivity contribution in [1.29, 1.82) is 0 Å². The van der Waals surface area contributed by atoms with Crippen LogP contribution in [0.25, 0.3) is 0 Å². The fourth-order valence-corrected chi connectivity index (χ4v) is 1.95. The van der Waals surface area contributed by atoms with Gasteiger partial charge in [-0.05, 0) is 26.2 Å². The van der Waals surface area contributed by atoms with Crippen LogP contribution < -0.4 is 0 Å². The molecule has 0 radical (unpaired) electrons. The van der Waals surface area contributed by atoms with E-state index in [0.717, 1.165) is 30.1 Å². The molecule has 0 saturated carbocycles. The number of hydrogen-bond donors (Lipinski definition) is 0. The maximum absolute atomic E-state index is 10.3. The average molecular weight is 213 g/mol. The van der Waals surface area contributed by atoms with Gasteiger partial charge >= 0.3 is 0 Å². The molecule has 14 heavy (non-hydrogen) atoms. The topological polar surface area (TPSA) is 33.5 Å². The minimum atomic E-state index is 0.410. The van der Waals surface area contributed by atoms with Gasteiger partial charge < -0.3 is 9.32 Å². The molecular weight excluding hydrogens is 198 g/mol. The number of carbonyl (C=O) groups excluding carboxylic acids is 1. The van der Waals surface area contributed by atoms with Gasteiger partial charge in [0.15, 0.2) is 12.0 Å². The summed E-state index contributed by atoms with van der Waals surface area (Å²) in [5.74, 6) is 3.19. The van der Waals surface area contributed by atoms with E-state index in [2.05, 4.69) is 19.0 Å². The van der Waals surface area contributed by atoms with E-state index < -0.39 is 0 Å². The molecular formula is C10H15NO2S. The molecule has 1 aromatic rings. The van der Waals surface area contributed by atoms with E-state index in [0.29, 0.717) is 5.76 Å². The standard InChI is InChI=1S/C10H15NO2S/c1-11(2)5-6-14-8-10-4-3-9(7-12)13-10/h3-4,7H,5-6,8H2,1-2H3. The van der Waals surface area contributed by atoms with Gasteiger partial charge in [-0.25, -0.2) is 0 Å². The van der Waals surface area contributed by atoms with Gasteiger partial charge in [0.2, 0.25) is 0 Å². The van der Waals surface area contributed by atoms with E-state index in [1.54, 1.807) is 6.07 Å². The number of aldehydes is 1. The molecule has 1 heterocycles. The molecule has 78 valence electrons. The smallest absolute Gasteiger partial charge is 0.185 e. The molecule has 0 aliphatic heterocycles. The summed E-state index contributed by atoms with van der Waals surface area (Å²) in [6, 6.07) is 3.56. The third-order valence-electron chi connectivity index (χ3n) is 1.73. The van der Waals surface area contributed by atoms with Crippen molar-refractivity contribution in [2.75, 3.05) is 26.4 Å². The summed E-state index contributed by atoms with van der Waals surface area (Å²) in [7, 11) is 4.11. The molecule has 0 unspecified atom stereocenters. The highest BCUT2D eigenvalue weighted by atomic mass is 32.2. The van der Waals surface area contributed by atoms with Crippen molar-refractivity contribution in [3.05, 3.63) is 23.7 Å². The van der Waals surface area contributed by atoms with E-state index in [1.807, 2.05) is 17.8 Å². The van der Waals surface area contributed by atoms with Crippen LogP contribution in [0.5, 0.6) is 0 Å². The summed E-state index contributed by atoms with van der Waals surface area (Å²) in [5.41, 5.74) is 0. The van der Waals surface area contributed by atoms with E-state index in [4.69, 9.17) is 4.42 Å². The van der Waals surface area contributed by atoms with Gasteiger partial charge in [-0.3, -0.25) is 4.79 Å². The normalized spacial score (nSPS) is 10.8. The zero-order chi connectivity index (χ0) is 10.4. The zero-order valence-corrected chi connectivity index (χ0v) is 9.34. The molecule has 0 atom stereocenters. The molecule has 1 rings (SSSR count). The SMILES string of the molecule is CN(C)CCSCc1ccc(C=O)o1. The van der Waals surface area contributed by atoms with E-state index in [-0.39, 0.29) is 0 Å². The molecule has 0 spiro atoms. The number of furan rings is 1. The van der Waals surface area contributed by atoms with Gasteiger partial charge in [0.05, 0.1) is 5.75 Å². The summed E-state index contributed by atoms with van der Waals surface area (Å²) in [4.78, 5) is 12.5. The second-order valence-electron chi connectivity index (χ2n) is 3.28. The number of rotatable bonds is 6. The molecule has 0 aliphatic rings. The minimum Gasteiger partial charge on any atom is -0.457 e. The maximum atomic E-state index is 10.3. The lowest BCUT2D eigenvalue weighted by Gasteiger charge is -2.07. The molecule has 0 aliphatic carbocycles. The Morgan fingerprint density at radius 2 is 2.29 bits per heavy atom. The van der Waals surface area contributed by atoms with Crippen molar-refractivity contribution in [3.63, 3.8) is 0 Å². The molecule has 0 fully saturated rings. The molecule has 3 nitrogen and oxygen atoms in total. The molecule has 1 aromatic heterocycles. The van der Waals surface area contributed by atoms with Crippen LogP contribution in [0.15, 0.2) is 16.5 Å². The van der Waals surface area contributed by atoms with E-state index in [9.17, 15) is 4.79 Å². The highest BCUT2D eigenvalue weighted by molar-refractivity contribution is 7.98. The van der Waals surface area contributed by atoms with Crippen LogP contribution in [0.4, 0.5) is 0 Å². The Bertz CT molecular complexity index is 283. The molecule has 0 N–H and O–H groups in total. The second kappa shape index (κ2) is 5.88. The Balaban J connectivity index is 2.21. The van der Waals surface area contributed by atoms with Crippen LogP contribution in [-0.2, 0) is 5.75 Å². The Morgan fingerprint density at radius 1 is 1.50 bits per heavy atom. The van der Waals surface area contributed by atoms with Gasteiger partial charge in [0, 0.05) is 12.3 Å². The van der Waals surface area contributed by atoms with E-state index >= 15 is 0 Å². The van der Waals surface area contributed by atoms with Gasteiger partial charge in [-0.2, -0.15) is 11.8 Å². The van der Waals surface area contributed by atoms with Crippen molar-refractivity contribution < 1.29 is 9.21 Å². The van der Waals surface area contributed by atoms with Crippen LogP contribution in [-0.4, -0.2) is 37.6 Å². The summed E-state index contributed by atoms with van der Waals surface area (Å²) in [6.07, 6.45) is 0.730. The minimum absolute atomic E-state index is 0.410. The van der Waals surface area contributed by atoms with Gasteiger partial charge in [0.25, 0.3) is 0 Å². The quantitative estimate of drug-likeness (QED) is 0.533. The summed E-state index contributed by atoms with van der Waals surface area (Å²) < 4.78 is 5.24. The van der Waals surface area contributed by atoms with Crippen LogP contribution >= 0.6 is 11.8 Å². The summed E-state index contributed by atoms with van der Waals surface area (Å²) in [6.45, 7) is 1.06. The lowest BCUT2D eigenvalue weighted by molar-refractivity contribution is 0.109. The fourth-order valence-electron chi connectivity index (χ4n) is 0.955. The third-order valence-corrected chi connectivity index (χ3v) is 2.69. The molecule has 0 saturated heterocycles. The largest absolute Gasteiger partial charge is 0.457 e. The van der Waals surface area contributed by atoms with Gasteiger partial charge in [-0.15, -0.1) is 0 Å². The predicted octanol–water partition coefficient (Wildman–Crippen LogP) is 1.89. The number of hydrogen-bond acceptors (Lipinski definition) is 4. The van der Waals surface area contributed by atoms with Crippen LogP contribution in [0, 0.1) is 0 Å². The molecule has 0 amide bonds.